The fourth-order valence-corrected chi connectivity index (χ4v) is 3.70. The lowest BCUT2D eigenvalue weighted by Crippen LogP contribution is -2.33. The molecule has 2 aromatic carbocycles. The van der Waals surface area contributed by atoms with Crippen LogP contribution in [0, 0.1) is 17.6 Å². The summed E-state index contributed by atoms with van der Waals surface area (Å²) in [7, 11) is 1.52. The highest BCUT2D eigenvalue weighted by molar-refractivity contribution is 6.04. The Balaban J connectivity index is 1.44. The van der Waals surface area contributed by atoms with E-state index in [1.807, 2.05) is 4.90 Å². The lowest BCUT2D eigenvalue weighted by Gasteiger charge is -2.19. The Hall–Kier alpha value is -3.29. The van der Waals surface area contributed by atoms with Gasteiger partial charge in [-0.2, -0.15) is 5.10 Å². The summed E-state index contributed by atoms with van der Waals surface area (Å²) in [5, 5.41) is 7.99. The molecule has 1 atom stereocenters. The molecule has 0 radical (unpaired) electrons. The van der Waals surface area contributed by atoms with Crippen molar-refractivity contribution < 1.29 is 13.6 Å². The SMILES string of the molecule is Cn1nc(C(=O)NCC2CCN(c3ccc(F)c(F)c3)C2)c2ccccc2c1=O. The number of hydrogen-bond acceptors (Lipinski definition) is 4. The van der Waals surface area contributed by atoms with E-state index >= 15 is 0 Å². The number of fused-ring (bicyclic) bond motifs is 1. The highest BCUT2D eigenvalue weighted by Crippen LogP contribution is 2.25. The summed E-state index contributed by atoms with van der Waals surface area (Å²) in [5.41, 5.74) is 0.580. The van der Waals surface area contributed by atoms with Crippen LogP contribution in [0.2, 0.25) is 0 Å². The molecule has 1 N–H and O–H groups in total. The number of aryl methyl sites for hydroxylation is 1. The van der Waals surface area contributed by atoms with E-state index in [-0.39, 0.29) is 23.1 Å². The van der Waals surface area contributed by atoms with Gasteiger partial charge in [0.1, 0.15) is 0 Å². The van der Waals surface area contributed by atoms with Gasteiger partial charge in [-0.15, -0.1) is 0 Å². The average Bonchev–Trinajstić information content (AvgIpc) is 3.20. The number of hydrogen-bond donors (Lipinski definition) is 1. The molecule has 29 heavy (non-hydrogen) atoms. The average molecular weight is 398 g/mol. The third-order valence-corrected chi connectivity index (χ3v) is 5.28. The topological polar surface area (TPSA) is 67.2 Å². The smallest absolute Gasteiger partial charge is 0.274 e. The second-order valence-corrected chi connectivity index (χ2v) is 7.23. The van der Waals surface area contributed by atoms with Gasteiger partial charge in [0.15, 0.2) is 17.3 Å². The second-order valence-electron chi connectivity index (χ2n) is 7.23. The van der Waals surface area contributed by atoms with Gasteiger partial charge >= 0.3 is 0 Å². The fraction of sp³-hybridized carbons (Fsp3) is 0.286. The van der Waals surface area contributed by atoms with Crippen molar-refractivity contribution in [1.29, 1.82) is 0 Å². The molecule has 1 aliphatic heterocycles. The Labute approximate surface area is 165 Å². The standard InChI is InChI=1S/C21H20F2N4O2/c1-26-21(29)16-5-3-2-4-15(16)19(25-26)20(28)24-11-13-8-9-27(12-13)14-6-7-17(22)18(23)10-14/h2-7,10,13H,8-9,11-12H2,1H3,(H,24,28). The highest BCUT2D eigenvalue weighted by atomic mass is 19.2. The Morgan fingerprint density at radius 2 is 1.93 bits per heavy atom. The molecule has 3 aromatic rings. The van der Waals surface area contributed by atoms with E-state index in [4.69, 9.17) is 0 Å². The van der Waals surface area contributed by atoms with Crippen molar-refractivity contribution in [2.45, 2.75) is 6.42 Å². The van der Waals surface area contributed by atoms with E-state index in [0.29, 0.717) is 36.1 Å². The maximum Gasteiger partial charge on any atom is 0.274 e. The third-order valence-electron chi connectivity index (χ3n) is 5.28. The van der Waals surface area contributed by atoms with Crippen LogP contribution in [-0.2, 0) is 7.05 Å². The quantitative estimate of drug-likeness (QED) is 0.733. The van der Waals surface area contributed by atoms with E-state index in [0.717, 1.165) is 17.2 Å². The van der Waals surface area contributed by atoms with Crippen molar-refractivity contribution in [2.75, 3.05) is 24.5 Å². The van der Waals surface area contributed by atoms with Gasteiger partial charge in [0, 0.05) is 43.8 Å². The van der Waals surface area contributed by atoms with Crippen molar-refractivity contribution >= 4 is 22.4 Å². The van der Waals surface area contributed by atoms with E-state index in [9.17, 15) is 18.4 Å². The van der Waals surface area contributed by atoms with Crippen molar-refractivity contribution in [1.82, 2.24) is 15.1 Å². The van der Waals surface area contributed by atoms with Gasteiger partial charge in [-0.1, -0.05) is 18.2 Å². The molecule has 0 spiro atoms. The van der Waals surface area contributed by atoms with Gasteiger partial charge < -0.3 is 10.2 Å². The Kier molecular flexibility index (Phi) is 5.00. The molecule has 0 aliphatic carbocycles. The van der Waals surface area contributed by atoms with Crippen LogP contribution in [0.1, 0.15) is 16.9 Å². The van der Waals surface area contributed by atoms with Crippen molar-refractivity contribution in [3.05, 3.63) is 70.1 Å². The summed E-state index contributed by atoms with van der Waals surface area (Å²) in [6.45, 7) is 1.76. The number of anilines is 1. The zero-order valence-electron chi connectivity index (χ0n) is 15.9. The second kappa shape index (κ2) is 7.62. The van der Waals surface area contributed by atoms with Gasteiger partial charge in [0.05, 0.1) is 5.39 Å². The van der Waals surface area contributed by atoms with Crippen LogP contribution in [0.3, 0.4) is 0 Å². The highest BCUT2D eigenvalue weighted by Gasteiger charge is 2.24. The van der Waals surface area contributed by atoms with Crippen molar-refractivity contribution in [3.63, 3.8) is 0 Å². The molecular weight excluding hydrogens is 378 g/mol. The van der Waals surface area contributed by atoms with Gasteiger partial charge in [-0.25, -0.2) is 13.5 Å². The monoisotopic (exact) mass is 398 g/mol. The van der Waals surface area contributed by atoms with Crippen molar-refractivity contribution in [2.24, 2.45) is 13.0 Å². The van der Waals surface area contributed by atoms with E-state index < -0.39 is 11.6 Å². The number of rotatable bonds is 4. The normalized spacial score (nSPS) is 16.4. The van der Waals surface area contributed by atoms with Crippen LogP contribution in [0.25, 0.3) is 10.8 Å². The van der Waals surface area contributed by atoms with Crippen LogP contribution in [0.5, 0.6) is 0 Å². The molecule has 0 bridgehead atoms. The number of nitrogens with one attached hydrogen (secondary N) is 1. The molecule has 1 unspecified atom stereocenters. The first kappa shape index (κ1) is 19.0. The molecular formula is C21H20F2N4O2. The number of carbonyl (C=O) groups excluding carboxylic acids is 1. The Morgan fingerprint density at radius 1 is 1.17 bits per heavy atom. The number of halogens is 2. The summed E-state index contributed by atoms with van der Waals surface area (Å²) in [4.78, 5) is 26.9. The number of amides is 1. The van der Waals surface area contributed by atoms with Crippen LogP contribution in [0.15, 0.2) is 47.3 Å². The molecule has 8 heteroatoms. The third kappa shape index (κ3) is 3.70. The molecule has 0 saturated carbocycles. The maximum absolute atomic E-state index is 13.5. The van der Waals surface area contributed by atoms with Crippen LogP contribution < -0.4 is 15.8 Å². The number of benzene rings is 2. The van der Waals surface area contributed by atoms with Gasteiger partial charge in [0.25, 0.3) is 11.5 Å². The fourth-order valence-electron chi connectivity index (χ4n) is 3.70. The maximum atomic E-state index is 13.5. The summed E-state index contributed by atoms with van der Waals surface area (Å²) in [6.07, 6.45) is 0.820. The molecule has 150 valence electrons. The lowest BCUT2D eigenvalue weighted by atomic mass is 10.1. The van der Waals surface area contributed by atoms with Crippen molar-refractivity contribution in [3.8, 4) is 0 Å². The molecule has 1 amide bonds. The molecule has 4 rings (SSSR count). The van der Waals surface area contributed by atoms with Gasteiger partial charge in [0.2, 0.25) is 0 Å². The van der Waals surface area contributed by atoms with E-state index in [1.54, 1.807) is 30.3 Å². The van der Waals surface area contributed by atoms with Crippen LogP contribution in [0.4, 0.5) is 14.5 Å². The number of carbonyl (C=O) groups is 1. The van der Waals surface area contributed by atoms with Crippen LogP contribution in [-0.4, -0.2) is 35.3 Å². The number of nitrogens with zero attached hydrogens (tertiary/aromatic N) is 3. The first-order chi connectivity index (χ1) is 13.9. The molecule has 6 nitrogen and oxygen atoms in total. The Bertz CT molecular complexity index is 1150. The largest absolute Gasteiger partial charge is 0.371 e. The molecule has 1 fully saturated rings. The summed E-state index contributed by atoms with van der Waals surface area (Å²) >= 11 is 0. The number of aromatic nitrogens is 2. The molecule has 1 aromatic heterocycles. The van der Waals surface area contributed by atoms with Crippen LogP contribution >= 0.6 is 0 Å². The Morgan fingerprint density at radius 3 is 2.69 bits per heavy atom. The molecule has 2 heterocycles. The summed E-state index contributed by atoms with van der Waals surface area (Å²) < 4.78 is 27.8. The zero-order chi connectivity index (χ0) is 20.5. The zero-order valence-corrected chi connectivity index (χ0v) is 15.9. The van der Waals surface area contributed by atoms with Gasteiger partial charge in [-0.05, 0) is 30.5 Å². The minimum atomic E-state index is -0.869. The lowest BCUT2D eigenvalue weighted by molar-refractivity contribution is 0.0943. The first-order valence-electron chi connectivity index (χ1n) is 9.38. The first-order valence-corrected chi connectivity index (χ1v) is 9.38. The predicted molar refractivity (Wildman–Crippen MR) is 106 cm³/mol. The van der Waals surface area contributed by atoms with Gasteiger partial charge in [-0.3, -0.25) is 9.59 Å². The summed E-state index contributed by atoms with van der Waals surface area (Å²) in [6, 6.07) is 10.8. The minimum absolute atomic E-state index is 0.172. The minimum Gasteiger partial charge on any atom is -0.371 e. The molecule has 1 saturated heterocycles. The van der Waals surface area contributed by atoms with E-state index in [2.05, 4.69) is 10.4 Å². The molecule has 1 aliphatic rings. The van der Waals surface area contributed by atoms with E-state index in [1.165, 1.54) is 13.1 Å². The summed E-state index contributed by atoms with van der Waals surface area (Å²) in [5.74, 6) is -1.91. The predicted octanol–water partition coefficient (Wildman–Crippen LogP) is 2.47.